The zero-order valence-electron chi connectivity index (χ0n) is 12.3. The number of amides is 2. The van der Waals surface area contributed by atoms with Gasteiger partial charge in [0.2, 0.25) is 0 Å². The first-order valence-corrected chi connectivity index (χ1v) is 8.69. The Labute approximate surface area is 152 Å². The van der Waals surface area contributed by atoms with Crippen LogP contribution >= 0.6 is 34.2 Å². The van der Waals surface area contributed by atoms with Crippen molar-refractivity contribution in [1.29, 1.82) is 0 Å². The molecule has 1 aromatic heterocycles. The molecular formula is C16H15ClIN3O2. The van der Waals surface area contributed by atoms with Gasteiger partial charge in [-0.15, -0.1) is 0 Å². The molecule has 1 aliphatic heterocycles. The molecule has 0 radical (unpaired) electrons. The van der Waals surface area contributed by atoms with Crippen LogP contribution in [0.1, 0.15) is 20.8 Å². The Bertz CT molecular complexity index is 738. The fraction of sp³-hybridized carbons (Fsp3) is 0.250. The van der Waals surface area contributed by atoms with Crippen LogP contribution in [0.5, 0.6) is 0 Å². The zero-order chi connectivity index (χ0) is 16.4. The zero-order valence-corrected chi connectivity index (χ0v) is 15.2. The molecule has 0 saturated carbocycles. The SMILES string of the molecule is O=C(c1cc(Cl)c[nH]1)N1CCN(C(=O)c2ccccc2I)CC1. The van der Waals surface area contributed by atoms with Crippen molar-refractivity contribution >= 4 is 46.0 Å². The molecule has 0 bridgehead atoms. The first-order valence-electron chi connectivity index (χ1n) is 7.23. The van der Waals surface area contributed by atoms with Crippen LogP contribution in [0.2, 0.25) is 5.02 Å². The number of benzene rings is 1. The highest BCUT2D eigenvalue weighted by molar-refractivity contribution is 14.1. The highest BCUT2D eigenvalue weighted by Crippen LogP contribution is 2.17. The average molecular weight is 444 g/mol. The summed E-state index contributed by atoms with van der Waals surface area (Å²) in [4.78, 5) is 31.3. The van der Waals surface area contributed by atoms with Gasteiger partial charge in [0.05, 0.1) is 10.6 Å². The van der Waals surface area contributed by atoms with Gasteiger partial charge in [-0.2, -0.15) is 0 Å². The number of nitrogens with zero attached hydrogens (tertiary/aromatic N) is 2. The third-order valence-corrected chi connectivity index (χ3v) is 5.00. The molecule has 1 fully saturated rings. The van der Waals surface area contributed by atoms with E-state index in [2.05, 4.69) is 27.6 Å². The Morgan fingerprint density at radius 2 is 1.65 bits per heavy atom. The molecule has 0 spiro atoms. The second-order valence-electron chi connectivity index (χ2n) is 5.30. The molecule has 0 aliphatic carbocycles. The Morgan fingerprint density at radius 1 is 1.04 bits per heavy atom. The molecule has 2 amide bonds. The number of carbonyl (C=O) groups excluding carboxylic acids is 2. The van der Waals surface area contributed by atoms with E-state index in [1.165, 1.54) is 0 Å². The van der Waals surface area contributed by atoms with Crippen LogP contribution in [0.4, 0.5) is 0 Å². The third kappa shape index (κ3) is 3.53. The lowest BCUT2D eigenvalue weighted by Crippen LogP contribution is -2.50. The lowest BCUT2D eigenvalue weighted by Gasteiger charge is -2.34. The van der Waals surface area contributed by atoms with Crippen LogP contribution in [0.3, 0.4) is 0 Å². The highest BCUT2D eigenvalue weighted by Gasteiger charge is 2.26. The van der Waals surface area contributed by atoms with E-state index in [9.17, 15) is 9.59 Å². The minimum Gasteiger partial charge on any atom is -0.356 e. The average Bonchev–Trinajstić information content (AvgIpc) is 3.01. The van der Waals surface area contributed by atoms with Gasteiger partial charge in [0.1, 0.15) is 5.69 Å². The number of hydrogen-bond donors (Lipinski definition) is 1. The van der Waals surface area contributed by atoms with Gasteiger partial charge in [-0.05, 0) is 40.8 Å². The topological polar surface area (TPSA) is 56.4 Å². The first-order chi connectivity index (χ1) is 11.1. The molecule has 7 heteroatoms. The van der Waals surface area contributed by atoms with Crippen LogP contribution in [0.25, 0.3) is 0 Å². The van der Waals surface area contributed by atoms with Crippen molar-refractivity contribution in [2.45, 2.75) is 0 Å². The lowest BCUT2D eigenvalue weighted by molar-refractivity contribution is 0.0532. The normalized spacial score (nSPS) is 14.9. The van der Waals surface area contributed by atoms with Crippen molar-refractivity contribution in [2.75, 3.05) is 26.2 Å². The minimum atomic E-state index is -0.0849. The molecule has 5 nitrogen and oxygen atoms in total. The fourth-order valence-electron chi connectivity index (χ4n) is 2.58. The minimum absolute atomic E-state index is 0.0185. The van der Waals surface area contributed by atoms with E-state index in [1.807, 2.05) is 24.3 Å². The number of aromatic amines is 1. The van der Waals surface area contributed by atoms with Crippen LogP contribution in [-0.4, -0.2) is 52.8 Å². The summed E-state index contributed by atoms with van der Waals surface area (Å²) in [5, 5.41) is 0.515. The van der Waals surface area contributed by atoms with Gasteiger partial charge < -0.3 is 14.8 Å². The van der Waals surface area contributed by atoms with E-state index >= 15 is 0 Å². The molecule has 1 aliphatic rings. The largest absolute Gasteiger partial charge is 0.356 e. The van der Waals surface area contributed by atoms with Crippen molar-refractivity contribution in [1.82, 2.24) is 14.8 Å². The van der Waals surface area contributed by atoms with Gasteiger partial charge in [0, 0.05) is 35.9 Å². The molecule has 2 heterocycles. The van der Waals surface area contributed by atoms with Crippen molar-refractivity contribution in [2.24, 2.45) is 0 Å². The predicted octanol–water partition coefficient (Wildman–Crippen LogP) is 2.87. The number of H-pyrrole nitrogens is 1. The Balaban J connectivity index is 1.63. The summed E-state index contributed by atoms with van der Waals surface area (Å²) in [6, 6.07) is 9.15. The molecule has 2 aromatic rings. The molecular weight excluding hydrogens is 429 g/mol. The first kappa shape index (κ1) is 16.3. The van der Waals surface area contributed by atoms with E-state index in [0.29, 0.717) is 42.5 Å². The smallest absolute Gasteiger partial charge is 0.270 e. The number of aromatic nitrogens is 1. The number of halogens is 2. The fourth-order valence-corrected chi connectivity index (χ4v) is 3.36. The van der Waals surface area contributed by atoms with Gasteiger partial charge in [-0.25, -0.2) is 0 Å². The standard InChI is InChI=1S/C16H15ClIN3O2/c17-11-9-14(19-10-11)16(23)21-7-5-20(6-8-21)15(22)12-3-1-2-4-13(12)18/h1-4,9-10,19H,5-8H2. The summed E-state index contributed by atoms with van der Waals surface area (Å²) in [7, 11) is 0. The molecule has 1 saturated heterocycles. The summed E-state index contributed by atoms with van der Waals surface area (Å²) in [5.74, 6) is -0.0664. The van der Waals surface area contributed by atoms with Gasteiger partial charge in [0.15, 0.2) is 0 Å². The van der Waals surface area contributed by atoms with Gasteiger partial charge in [-0.3, -0.25) is 9.59 Å². The Morgan fingerprint density at radius 3 is 2.22 bits per heavy atom. The molecule has 1 N–H and O–H groups in total. The van der Waals surface area contributed by atoms with Crippen molar-refractivity contribution in [3.63, 3.8) is 0 Å². The van der Waals surface area contributed by atoms with Gasteiger partial charge in [0.25, 0.3) is 11.8 Å². The highest BCUT2D eigenvalue weighted by atomic mass is 127. The van der Waals surface area contributed by atoms with Crippen molar-refractivity contribution in [3.05, 3.63) is 56.4 Å². The van der Waals surface area contributed by atoms with E-state index in [-0.39, 0.29) is 11.8 Å². The molecule has 3 rings (SSSR count). The van der Waals surface area contributed by atoms with Crippen LogP contribution in [0.15, 0.2) is 36.5 Å². The number of nitrogens with one attached hydrogen (secondary N) is 1. The van der Waals surface area contributed by atoms with Gasteiger partial charge in [-0.1, -0.05) is 23.7 Å². The number of hydrogen-bond acceptors (Lipinski definition) is 2. The quantitative estimate of drug-likeness (QED) is 0.726. The summed E-state index contributed by atoms with van der Waals surface area (Å²) in [5.41, 5.74) is 1.19. The van der Waals surface area contributed by atoms with Crippen molar-refractivity contribution in [3.8, 4) is 0 Å². The lowest BCUT2D eigenvalue weighted by atomic mass is 10.2. The maximum Gasteiger partial charge on any atom is 0.270 e. The summed E-state index contributed by atoms with van der Waals surface area (Å²) in [6.45, 7) is 2.10. The van der Waals surface area contributed by atoms with E-state index in [4.69, 9.17) is 11.6 Å². The van der Waals surface area contributed by atoms with E-state index in [1.54, 1.807) is 22.1 Å². The number of rotatable bonds is 2. The van der Waals surface area contributed by atoms with Crippen molar-refractivity contribution < 1.29 is 9.59 Å². The monoisotopic (exact) mass is 443 g/mol. The summed E-state index contributed by atoms with van der Waals surface area (Å²) in [6.07, 6.45) is 1.59. The molecule has 23 heavy (non-hydrogen) atoms. The Kier molecular flexibility index (Phi) is 4.91. The predicted molar refractivity (Wildman–Crippen MR) is 96.8 cm³/mol. The van der Waals surface area contributed by atoms with E-state index < -0.39 is 0 Å². The summed E-state index contributed by atoms with van der Waals surface area (Å²) < 4.78 is 0.939. The molecule has 120 valence electrons. The second kappa shape index (κ2) is 6.92. The third-order valence-electron chi connectivity index (χ3n) is 3.84. The second-order valence-corrected chi connectivity index (χ2v) is 6.89. The Hall–Kier alpha value is -1.54. The van der Waals surface area contributed by atoms with Crippen LogP contribution in [0, 0.1) is 3.57 Å². The van der Waals surface area contributed by atoms with Gasteiger partial charge >= 0.3 is 0 Å². The summed E-state index contributed by atoms with van der Waals surface area (Å²) >= 11 is 8.00. The number of carbonyl (C=O) groups is 2. The molecule has 0 atom stereocenters. The maximum absolute atomic E-state index is 12.6. The molecule has 1 aromatic carbocycles. The number of piperazine rings is 1. The van der Waals surface area contributed by atoms with Crippen LogP contribution < -0.4 is 0 Å². The van der Waals surface area contributed by atoms with E-state index in [0.717, 1.165) is 3.57 Å². The van der Waals surface area contributed by atoms with Crippen LogP contribution in [-0.2, 0) is 0 Å². The maximum atomic E-state index is 12.6. The molecule has 0 unspecified atom stereocenters.